The molecule has 1 aliphatic rings. The number of hydrogen-bond donors (Lipinski definition) is 1. The van der Waals surface area contributed by atoms with Gasteiger partial charge in [0, 0.05) is 24.6 Å². The van der Waals surface area contributed by atoms with E-state index in [0.717, 1.165) is 43.7 Å². The van der Waals surface area contributed by atoms with Crippen LogP contribution in [-0.2, 0) is 24.1 Å². The largest absolute Gasteiger partial charge is 0.476 e. The Labute approximate surface area is 114 Å². The highest BCUT2D eigenvalue weighted by Gasteiger charge is 2.19. The molecule has 5 nitrogen and oxygen atoms in total. The Kier molecular flexibility index (Phi) is 5.10. The molecule has 1 fully saturated rings. The fourth-order valence-electron chi connectivity index (χ4n) is 2.47. The number of ether oxygens (including phenoxy) is 2. The fraction of sp³-hybridized carbons (Fsp3) is 0.714. The summed E-state index contributed by atoms with van der Waals surface area (Å²) < 4.78 is 11.2. The van der Waals surface area contributed by atoms with Crippen LogP contribution in [0.1, 0.15) is 37.1 Å². The van der Waals surface area contributed by atoms with Gasteiger partial charge in [-0.1, -0.05) is 13.8 Å². The van der Waals surface area contributed by atoms with Crippen LogP contribution in [0.25, 0.3) is 0 Å². The predicted molar refractivity (Wildman–Crippen MR) is 73.1 cm³/mol. The minimum atomic E-state index is 0.447. The zero-order chi connectivity index (χ0) is 13.7. The van der Waals surface area contributed by atoms with Gasteiger partial charge in [0.1, 0.15) is 0 Å². The molecule has 0 spiro atoms. The monoisotopic (exact) mass is 265 g/mol. The summed E-state index contributed by atoms with van der Waals surface area (Å²) in [6.45, 7) is 6.89. The Morgan fingerprint density at radius 3 is 2.68 bits per heavy atom. The molecule has 1 aromatic heterocycles. The van der Waals surface area contributed by atoms with Crippen molar-refractivity contribution in [1.82, 2.24) is 10.2 Å². The second kappa shape index (κ2) is 6.82. The van der Waals surface area contributed by atoms with E-state index >= 15 is 0 Å². The third-order valence-electron chi connectivity index (χ3n) is 3.60. The van der Waals surface area contributed by atoms with E-state index in [1.54, 1.807) is 0 Å². The molecule has 1 saturated heterocycles. The highest BCUT2D eigenvalue weighted by molar-refractivity contribution is 5.36. The molecular formula is C14H23N3O2. The molecule has 2 rings (SSSR count). The number of nitrogens with two attached hydrogens (primary N) is 1. The molecule has 2 heterocycles. The minimum Gasteiger partial charge on any atom is -0.476 e. The predicted octanol–water partition coefficient (Wildman–Crippen LogP) is 1.48. The van der Waals surface area contributed by atoms with Gasteiger partial charge in [-0.3, -0.25) is 0 Å². The van der Waals surface area contributed by atoms with Gasteiger partial charge in [-0.15, -0.1) is 5.10 Å². The molecule has 2 N–H and O–H groups in total. The van der Waals surface area contributed by atoms with Gasteiger partial charge in [0.05, 0.1) is 18.9 Å². The van der Waals surface area contributed by atoms with Crippen LogP contribution in [0, 0.1) is 5.92 Å². The zero-order valence-corrected chi connectivity index (χ0v) is 11.8. The van der Waals surface area contributed by atoms with Crippen LogP contribution in [0.5, 0.6) is 5.88 Å². The lowest BCUT2D eigenvalue weighted by atomic mass is 10.0. The smallest absolute Gasteiger partial charge is 0.238 e. The highest BCUT2D eigenvalue weighted by atomic mass is 16.5. The molecule has 0 radical (unpaired) electrons. The van der Waals surface area contributed by atoms with Crippen molar-refractivity contribution in [2.75, 3.05) is 19.8 Å². The van der Waals surface area contributed by atoms with Gasteiger partial charge >= 0.3 is 0 Å². The molecule has 0 aliphatic carbocycles. The lowest BCUT2D eigenvalue weighted by Crippen LogP contribution is -2.16. The van der Waals surface area contributed by atoms with E-state index in [1.165, 1.54) is 5.56 Å². The molecule has 106 valence electrons. The number of aryl methyl sites for hydroxylation is 1. The Hall–Kier alpha value is -1.20. The normalized spacial score (nSPS) is 18.8. The first-order valence-corrected chi connectivity index (χ1v) is 7.08. The van der Waals surface area contributed by atoms with E-state index in [4.69, 9.17) is 15.2 Å². The maximum absolute atomic E-state index is 5.86. The summed E-state index contributed by atoms with van der Waals surface area (Å²) in [6, 6.07) is 0. The average Bonchev–Trinajstić information content (AvgIpc) is 2.96. The number of hydrogen-bond acceptors (Lipinski definition) is 5. The van der Waals surface area contributed by atoms with Gasteiger partial charge < -0.3 is 15.2 Å². The quantitative estimate of drug-likeness (QED) is 0.843. The number of aromatic nitrogens is 2. The Morgan fingerprint density at radius 2 is 2.11 bits per heavy atom. The van der Waals surface area contributed by atoms with Crippen LogP contribution in [-0.4, -0.2) is 30.0 Å². The van der Waals surface area contributed by atoms with Gasteiger partial charge in [0.15, 0.2) is 0 Å². The third-order valence-corrected chi connectivity index (χ3v) is 3.60. The van der Waals surface area contributed by atoms with Crippen LogP contribution in [0.2, 0.25) is 0 Å². The van der Waals surface area contributed by atoms with Crippen LogP contribution in [0.15, 0.2) is 0 Å². The summed E-state index contributed by atoms with van der Waals surface area (Å²) in [6.07, 6.45) is 2.84. The first kappa shape index (κ1) is 14.2. The molecule has 0 aromatic carbocycles. The lowest BCUT2D eigenvalue weighted by Gasteiger charge is -2.16. The number of rotatable bonds is 6. The van der Waals surface area contributed by atoms with Crippen molar-refractivity contribution >= 4 is 0 Å². The van der Waals surface area contributed by atoms with Crippen molar-refractivity contribution in [3.63, 3.8) is 0 Å². The molecule has 19 heavy (non-hydrogen) atoms. The second-order valence-electron chi connectivity index (χ2n) is 4.86. The maximum Gasteiger partial charge on any atom is 0.238 e. The van der Waals surface area contributed by atoms with Crippen LogP contribution in [0.3, 0.4) is 0 Å². The van der Waals surface area contributed by atoms with Crippen LogP contribution < -0.4 is 10.5 Å². The number of nitrogens with zero attached hydrogens (tertiary/aromatic N) is 2. The van der Waals surface area contributed by atoms with Crippen molar-refractivity contribution in [3.05, 3.63) is 16.8 Å². The second-order valence-corrected chi connectivity index (χ2v) is 4.86. The summed E-state index contributed by atoms with van der Waals surface area (Å²) in [5.74, 6) is 1.06. The van der Waals surface area contributed by atoms with Crippen molar-refractivity contribution in [2.24, 2.45) is 11.7 Å². The molecule has 0 bridgehead atoms. The first-order valence-electron chi connectivity index (χ1n) is 7.08. The molecule has 0 amide bonds. The van der Waals surface area contributed by atoms with Crippen molar-refractivity contribution in [1.29, 1.82) is 0 Å². The summed E-state index contributed by atoms with van der Waals surface area (Å²) in [5.41, 5.74) is 9.09. The van der Waals surface area contributed by atoms with E-state index in [1.807, 2.05) is 0 Å². The SMILES string of the molecule is CCc1nnc(OCC2CCOC2)c(CN)c1CC. The van der Waals surface area contributed by atoms with E-state index in [0.29, 0.717) is 24.9 Å². The van der Waals surface area contributed by atoms with E-state index in [9.17, 15) is 0 Å². The lowest BCUT2D eigenvalue weighted by molar-refractivity contribution is 0.164. The molecule has 1 unspecified atom stereocenters. The average molecular weight is 265 g/mol. The topological polar surface area (TPSA) is 70.3 Å². The molecule has 1 aromatic rings. The molecule has 5 heteroatoms. The standard InChI is InChI=1S/C14H23N3O2/c1-3-11-12(7-15)14(17-16-13(11)4-2)19-9-10-5-6-18-8-10/h10H,3-9,15H2,1-2H3. The van der Waals surface area contributed by atoms with Crippen molar-refractivity contribution in [3.8, 4) is 5.88 Å². The zero-order valence-electron chi connectivity index (χ0n) is 11.8. The first-order chi connectivity index (χ1) is 9.30. The maximum atomic E-state index is 5.86. The molecule has 0 saturated carbocycles. The summed E-state index contributed by atoms with van der Waals surface area (Å²) >= 11 is 0. The third kappa shape index (κ3) is 3.22. The van der Waals surface area contributed by atoms with E-state index in [-0.39, 0.29) is 0 Å². The van der Waals surface area contributed by atoms with Gasteiger partial charge in [0.2, 0.25) is 5.88 Å². The molecule has 1 atom stereocenters. The van der Waals surface area contributed by atoms with E-state index < -0.39 is 0 Å². The Bertz CT molecular complexity index is 417. The van der Waals surface area contributed by atoms with Crippen molar-refractivity contribution in [2.45, 2.75) is 39.7 Å². The minimum absolute atomic E-state index is 0.447. The van der Waals surface area contributed by atoms with Gasteiger partial charge in [0.25, 0.3) is 0 Å². The van der Waals surface area contributed by atoms with E-state index in [2.05, 4.69) is 24.0 Å². The highest BCUT2D eigenvalue weighted by Crippen LogP contribution is 2.23. The summed E-state index contributed by atoms with van der Waals surface area (Å²) in [5, 5.41) is 8.46. The molecule has 1 aliphatic heterocycles. The van der Waals surface area contributed by atoms with Crippen molar-refractivity contribution < 1.29 is 9.47 Å². The Morgan fingerprint density at radius 1 is 1.26 bits per heavy atom. The van der Waals surface area contributed by atoms with Gasteiger partial charge in [-0.25, -0.2) is 0 Å². The Balaban J connectivity index is 2.14. The summed E-state index contributed by atoms with van der Waals surface area (Å²) in [4.78, 5) is 0. The van der Waals surface area contributed by atoms with Gasteiger partial charge in [-0.05, 0) is 24.8 Å². The van der Waals surface area contributed by atoms with Crippen LogP contribution >= 0.6 is 0 Å². The molecular weight excluding hydrogens is 242 g/mol. The van der Waals surface area contributed by atoms with Crippen LogP contribution in [0.4, 0.5) is 0 Å². The fourth-order valence-corrected chi connectivity index (χ4v) is 2.47. The summed E-state index contributed by atoms with van der Waals surface area (Å²) in [7, 11) is 0. The van der Waals surface area contributed by atoms with Gasteiger partial charge in [-0.2, -0.15) is 5.10 Å².